The quantitative estimate of drug-likeness (QED) is 0.465. The normalized spacial score (nSPS) is 17.2. The Balaban J connectivity index is 1.36. The van der Waals surface area contributed by atoms with Crippen molar-refractivity contribution >= 4 is 71.7 Å². The molecular weight excluding hydrogens is 469 g/mol. The second-order valence-corrected chi connectivity index (χ2v) is 12.4. The molecule has 0 amide bonds. The molecule has 1 unspecified atom stereocenters. The summed E-state index contributed by atoms with van der Waals surface area (Å²) < 4.78 is 3.52. The highest BCUT2D eigenvalue weighted by molar-refractivity contribution is 8.25. The molecule has 9 heteroatoms. The number of nitrogens with zero attached hydrogens (tertiary/aromatic N) is 4. The molecule has 166 valence electrons. The molecule has 2 aromatic heterocycles. The van der Waals surface area contributed by atoms with Gasteiger partial charge in [-0.2, -0.15) is 0 Å². The first-order chi connectivity index (χ1) is 14.8. The predicted molar refractivity (Wildman–Crippen MR) is 140 cm³/mol. The predicted octanol–water partition coefficient (Wildman–Crippen LogP) is 5.37. The molecule has 1 aromatic carbocycles. The summed E-state index contributed by atoms with van der Waals surface area (Å²) in [5.41, 5.74) is 2.24. The lowest BCUT2D eigenvalue weighted by Gasteiger charge is -2.40. The number of aromatic nitrogens is 2. The Morgan fingerprint density at radius 1 is 1.16 bits per heavy atom. The van der Waals surface area contributed by atoms with E-state index in [0.717, 1.165) is 53.7 Å². The van der Waals surface area contributed by atoms with Gasteiger partial charge in [0.15, 0.2) is 0 Å². The summed E-state index contributed by atoms with van der Waals surface area (Å²) in [7, 11) is -1.59. The van der Waals surface area contributed by atoms with E-state index in [1.165, 1.54) is 5.56 Å². The maximum absolute atomic E-state index is 6.23. The van der Waals surface area contributed by atoms with Gasteiger partial charge in [0.05, 0.1) is 20.3 Å². The molecule has 0 saturated carbocycles. The lowest BCUT2D eigenvalue weighted by molar-refractivity contribution is 0.191. The van der Waals surface area contributed by atoms with Crippen LogP contribution in [0.25, 0.3) is 10.2 Å². The number of anilines is 1. The minimum absolute atomic E-state index is 0.277. The molecule has 1 fully saturated rings. The summed E-state index contributed by atoms with van der Waals surface area (Å²) in [4.78, 5) is 12.4. The number of hydrogen-bond donors (Lipinski definition) is 1. The second kappa shape index (κ2) is 9.25. The Bertz CT molecular complexity index is 1180. The van der Waals surface area contributed by atoms with E-state index >= 15 is 0 Å². The first kappa shape index (κ1) is 22.8. The van der Waals surface area contributed by atoms with Gasteiger partial charge in [0, 0.05) is 43.7 Å². The molecule has 1 aliphatic heterocycles. The zero-order valence-corrected chi connectivity index (χ0v) is 20.9. The van der Waals surface area contributed by atoms with Crippen LogP contribution < -0.4 is 5.32 Å². The Hall–Kier alpha value is -1.35. The van der Waals surface area contributed by atoms with Gasteiger partial charge in [-0.15, -0.1) is 20.7 Å². The van der Waals surface area contributed by atoms with E-state index in [9.17, 15) is 0 Å². The third-order valence-electron chi connectivity index (χ3n) is 5.60. The number of nitrogens with one attached hydrogen (secondary N) is 1. The van der Waals surface area contributed by atoms with Gasteiger partial charge < -0.3 is 5.32 Å². The van der Waals surface area contributed by atoms with Crippen LogP contribution in [0.5, 0.6) is 0 Å². The largest absolute Gasteiger partial charge is 0.365 e. The fourth-order valence-corrected chi connectivity index (χ4v) is 7.00. The average Bonchev–Trinajstić information content (AvgIpc) is 3.12. The molecule has 0 aliphatic carbocycles. The van der Waals surface area contributed by atoms with Crippen LogP contribution in [0.2, 0.25) is 10.0 Å². The first-order valence-corrected chi connectivity index (χ1v) is 13.7. The molecule has 4 rings (SSSR count). The minimum atomic E-state index is -1.59. The van der Waals surface area contributed by atoms with Crippen molar-refractivity contribution in [3.8, 4) is 0 Å². The summed E-state index contributed by atoms with van der Waals surface area (Å²) in [6, 6.07) is 6.02. The zero-order valence-electron chi connectivity index (χ0n) is 17.8. The monoisotopic (exact) mass is 495 g/mol. The maximum Gasteiger partial charge on any atom is 0.147 e. The summed E-state index contributed by atoms with van der Waals surface area (Å²) >= 11 is 14.0. The summed E-state index contributed by atoms with van der Waals surface area (Å²) in [6.45, 7) is 9.05. The molecule has 1 saturated heterocycles. The van der Waals surface area contributed by atoms with Crippen molar-refractivity contribution < 1.29 is 0 Å². The van der Waals surface area contributed by atoms with Crippen LogP contribution in [-0.4, -0.2) is 69.7 Å². The van der Waals surface area contributed by atoms with Crippen LogP contribution in [-0.2, 0) is 0 Å². The van der Waals surface area contributed by atoms with Crippen molar-refractivity contribution in [3.63, 3.8) is 0 Å². The summed E-state index contributed by atoms with van der Waals surface area (Å²) in [5, 5.41) is 6.83. The van der Waals surface area contributed by atoms with Crippen LogP contribution in [0.4, 0.5) is 5.82 Å². The maximum atomic E-state index is 6.23. The van der Waals surface area contributed by atoms with E-state index in [-0.39, 0.29) is 6.04 Å². The lowest BCUT2D eigenvalue weighted by Crippen LogP contribution is -2.47. The van der Waals surface area contributed by atoms with Gasteiger partial charge in [-0.25, -0.2) is 9.97 Å². The van der Waals surface area contributed by atoms with Crippen LogP contribution in [0, 0.1) is 6.92 Å². The highest BCUT2D eigenvalue weighted by Gasteiger charge is 2.23. The van der Waals surface area contributed by atoms with Gasteiger partial charge >= 0.3 is 0 Å². The Kier molecular flexibility index (Phi) is 6.82. The lowest BCUT2D eigenvalue weighted by atomic mass is 10.2. The second-order valence-electron chi connectivity index (χ2n) is 8.01. The molecule has 0 bridgehead atoms. The third kappa shape index (κ3) is 4.87. The number of thiophene rings is 1. The molecule has 1 N–H and O–H groups in total. The highest BCUT2D eigenvalue weighted by atomic mass is 35.5. The smallest absolute Gasteiger partial charge is 0.147 e. The summed E-state index contributed by atoms with van der Waals surface area (Å²) in [5.74, 6) is 9.84. The number of aryl methyl sites for hydroxylation is 1. The number of fused-ring (bicyclic) bond motifs is 1. The number of rotatable bonds is 6. The van der Waals surface area contributed by atoms with Crippen molar-refractivity contribution in [2.75, 3.05) is 38.0 Å². The number of piperazine rings is 1. The number of halogens is 2. The minimum Gasteiger partial charge on any atom is -0.365 e. The highest BCUT2D eigenvalue weighted by Crippen LogP contribution is 2.39. The van der Waals surface area contributed by atoms with Crippen molar-refractivity contribution in [1.29, 1.82) is 0 Å². The van der Waals surface area contributed by atoms with Gasteiger partial charge in [-0.1, -0.05) is 34.9 Å². The Morgan fingerprint density at radius 2 is 1.90 bits per heavy atom. The molecule has 5 nitrogen and oxygen atoms in total. The van der Waals surface area contributed by atoms with Crippen LogP contribution in [0.3, 0.4) is 0 Å². The van der Waals surface area contributed by atoms with E-state index in [0.29, 0.717) is 10.0 Å². The van der Waals surface area contributed by atoms with Crippen molar-refractivity contribution in [3.05, 3.63) is 45.5 Å². The fraction of sp³-hybridized carbons (Fsp3) is 0.364. The molecule has 0 radical (unpaired) electrons. The van der Waals surface area contributed by atoms with E-state index in [2.05, 4.69) is 55.5 Å². The van der Waals surface area contributed by atoms with Crippen LogP contribution in [0.15, 0.2) is 34.8 Å². The molecular formula is C22H27Cl2N5S2. The fourth-order valence-electron chi connectivity index (χ4n) is 3.86. The van der Waals surface area contributed by atoms with Crippen molar-refractivity contribution in [1.82, 2.24) is 19.2 Å². The molecule has 1 atom stereocenters. The van der Waals surface area contributed by atoms with E-state index in [4.69, 9.17) is 23.2 Å². The molecule has 3 aromatic rings. The zero-order chi connectivity index (χ0) is 22.2. The van der Waals surface area contributed by atoms with Gasteiger partial charge in [0.1, 0.15) is 12.1 Å². The standard InChI is InChI=1S/C22H27Cl2N5S2/c1-15-13-30-21-20(15)25-14-26-22(21)27-16(2)12-28-7-9-29(10-8-28)31(3,4)17-5-6-18(23)19(24)11-17/h5-6,11,13-14,16H,3-4,7-10,12H2,1-2H3,(H,25,26,27). The van der Waals surface area contributed by atoms with Crippen LogP contribution in [0.1, 0.15) is 12.5 Å². The van der Waals surface area contributed by atoms with E-state index in [1.54, 1.807) is 17.7 Å². The molecule has 31 heavy (non-hydrogen) atoms. The SMILES string of the molecule is C=S(=C)(c1ccc(Cl)c(Cl)c1)N1CCN(CC(C)Nc2ncnc3c(C)csc23)CC1. The van der Waals surface area contributed by atoms with Crippen molar-refractivity contribution in [2.24, 2.45) is 0 Å². The molecule has 3 heterocycles. The van der Waals surface area contributed by atoms with Gasteiger partial charge in [-0.3, -0.25) is 9.21 Å². The topological polar surface area (TPSA) is 44.3 Å². The Morgan fingerprint density at radius 3 is 2.61 bits per heavy atom. The van der Waals surface area contributed by atoms with Gasteiger partial charge in [0.25, 0.3) is 0 Å². The molecule has 0 spiro atoms. The third-order valence-corrected chi connectivity index (χ3v) is 9.92. The molecule has 1 aliphatic rings. The van der Waals surface area contributed by atoms with Gasteiger partial charge in [0.2, 0.25) is 0 Å². The number of hydrogen-bond acceptors (Lipinski definition) is 6. The summed E-state index contributed by atoms with van der Waals surface area (Å²) in [6.07, 6.45) is 1.64. The first-order valence-electron chi connectivity index (χ1n) is 10.1. The Labute approximate surface area is 198 Å². The number of benzene rings is 1. The van der Waals surface area contributed by atoms with Crippen LogP contribution >= 0.6 is 43.9 Å². The van der Waals surface area contributed by atoms with E-state index < -0.39 is 9.39 Å². The van der Waals surface area contributed by atoms with E-state index in [1.807, 2.05) is 18.2 Å². The average molecular weight is 497 g/mol. The van der Waals surface area contributed by atoms with Gasteiger partial charge in [-0.05, 0) is 43.0 Å². The van der Waals surface area contributed by atoms with Crippen molar-refractivity contribution in [2.45, 2.75) is 24.8 Å².